The molecule has 148 valence electrons. The monoisotopic (exact) mass is 500 g/mol. The maximum Gasteiger partial charge on any atom is 0.194 e. The van der Waals surface area contributed by atoms with Gasteiger partial charge < -0.3 is 15.1 Å². The third-order valence-corrected chi connectivity index (χ3v) is 5.57. The van der Waals surface area contributed by atoms with Gasteiger partial charge in [0.25, 0.3) is 0 Å². The van der Waals surface area contributed by atoms with Crippen LogP contribution in [0.2, 0.25) is 0 Å². The molecule has 0 aliphatic carbocycles. The van der Waals surface area contributed by atoms with Gasteiger partial charge >= 0.3 is 0 Å². The Morgan fingerprint density at radius 3 is 2.56 bits per heavy atom. The van der Waals surface area contributed by atoms with Gasteiger partial charge in [0.2, 0.25) is 0 Å². The number of aliphatic imine (C=N–C) groups is 1. The van der Waals surface area contributed by atoms with E-state index in [1.165, 1.54) is 10.6 Å². The molecule has 1 aliphatic heterocycles. The highest BCUT2D eigenvalue weighted by Gasteiger charge is 2.20. The van der Waals surface area contributed by atoms with Gasteiger partial charge in [0.05, 0.1) is 12.2 Å². The van der Waals surface area contributed by atoms with E-state index in [1.807, 2.05) is 25.4 Å². The van der Waals surface area contributed by atoms with Gasteiger partial charge in [-0.3, -0.25) is 4.99 Å². The predicted molar refractivity (Wildman–Crippen MR) is 125 cm³/mol. The number of aromatic nitrogens is 2. The van der Waals surface area contributed by atoms with Crippen molar-refractivity contribution in [2.24, 2.45) is 4.99 Å². The molecule has 1 fully saturated rings. The van der Waals surface area contributed by atoms with Gasteiger partial charge in [-0.2, -0.15) is 0 Å². The minimum absolute atomic E-state index is 0. The number of hydrogen-bond acceptors (Lipinski definition) is 5. The molecule has 2 aromatic rings. The van der Waals surface area contributed by atoms with Crippen LogP contribution < -0.4 is 10.2 Å². The molecule has 8 heteroatoms. The van der Waals surface area contributed by atoms with Crippen LogP contribution in [-0.4, -0.2) is 54.1 Å². The van der Waals surface area contributed by atoms with E-state index in [0.29, 0.717) is 5.92 Å². The highest BCUT2D eigenvalue weighted by molar-refractivity contribution is 14.0. The molecule has 0 atom stereocenters. The fraction of sp³-hybridized carbons (Fsp3) is 0.526. The maximum absolute atomic E-state index is 4.78. The molecule has 27 heavy (non-hydrogen) atoms. The standard InChI is InChI=1S/C19H28N6S.HI/c1-14(2)18-15(3)26-17(23-18)13-22-19(20-4)25-11-9-24(10-12-25)16-7-5-6-8-21-16;/h5-8,14H,9-13H2,1-4H3,(H,20,22);1H. The summed E-state index contributed by atoms with van der Waals surface area (Å²) in [5.74, 6) is 2.47. The summed E-state index contributed by atoms with van der Waals surface area (Å²) >= 11 is 1.78. The summed E-state index contributed by atoms with van der Waals surface area (Å²) in [4.78, 5) is 19.6. The van der Waals surface area contributed by atoms with E-state index < -0.39 is 0 Å². The Bertz CT molecular complexity index is 738. The van der Waals surface area contributed by atoms with Crippen molar-refractivity contribution in [3.8, 4) is 0 Å². The minimum atomic E-state index is 0. The van der Waals surface area contributed by atoms with E-state index in [-0.39, 0.29) is 24.0 Å². The Labute approximate surface area is 183 Å². The van der Waals surface area contributed by atoms with Gasteiger partial charge in [-0.1, -0.05) is 19.9 Å². The van der Waals surface area contributed by atoms with E-state index >= 15 is 0 Å². The lowest BCUT2D eigenvalue weighted by Crippen LogP contribution is -2.52. The van der Waals surface area contributed by atoms with Crippen molar-refractivity contribution in [1.29, 1.82) is 0 Å². The van der Waals surface area contributed by atoms with Gasteiger partial charge in [0.15, 0.2) is 5.96 Å². The Hall–Kier alpha value is -1.42. The van der Waals surface area contributed by atoms with Crippen molar-refractivity contribution in [1.82, 2.24) is 20.2 Å². The molecule has 0 bridgehead atoms. The number of anilines is 1. The fourth-order valence-corrected chi connectivity index (χ4v) is 4.28. The van der Waals surface area contributed by atoms with E-state index in [0.717, 1.165) is 49.5 Å². The van der Waals surface area contributed by atoms with Crippen LogP contribution >= 0.6 is 35.3 Å². The molecule has 1 aliphatic rings. The van der Waals surface area contributed by atoms with Gasteiger partial charge in [0, 0.05) is 44.3 Å². The number of nitrogens with one attached hydrogen (secondary N) is 1. The number of guanidine groups is 1. The first-order valence-electron chi connectivity index (χ1n) is 9.16. The van der Waals surface area contributed by atoms with Crippen LogP contribution in [0.5, 0.6) is 0 Å². The minimum Gasteiger partial charge on any atom is -0.353 e. The molecule has 1 N–H and O–H groups in total. The number of piperazine rings is 1. The SMILES string of the molecule is CN=C(NCc1nc(C(C)C)c(C)s1)N1CCN(c2ccccn2)CC1.I. The number of hydrogen-bond donors (Lipinski definition) is 1. The molecular formula is C19H29IN6S. The molecule has 1 saturated heterocycles. The molecule has 0 spiro atoms. The van der Waals surface area contributed by atoms with Crippen molar-refractivity contribution in [2.75, 3.05) is 38.1 Å². The average molecular weight is 500 g/mol. The fourth-order valence-electron chi connectivity index (χ4n) is 3.25. The Morgan fingerprint density at radius 2 is 2.00 bits per heavy atom. The topological polar surface area (TPSA) is 56.7 Å². The van der Waals surface area contributed by atoms with Crippen molar-refractivity contribution < 1.29 is 0 Å². The average Bonchev–Trinajstić information content (AvgIpc) is 3.04. The van der Waals surface area contributed by atoms with Crippen LogP contribution in [0.4, 0.5) is 5.82 Å². The lowest BCUT2D eigenvalue weighted by Gasteiger charge is -2.37. The first-order chi connectivity index (χ1) is 12.6. The Kier molecular flexibility index (Phi) is 8.28. The van der Waals surface area contributed by atoms with Crippen molar-refractivity contribution in [3.63, 3.8) is 0 Å². The van der Waals surface area contributed by atoms with E-state index in [2.05, 4.69) is 51.9 Å². The first kappa shape index (κ1) is 21.9. The second-order valence-electron chi connectivity index (χ2n) is 6.77. The summed E-state index contributed by atoms with van der Waals surface area (Å²) in [5.41, 5.74) is 1.21. The second-order valence-corrected chi connectivity index (χ2v) is 8.05. The van der Waals surface area contributed by atoms with E-state index in [1.54, 1.807) is 11.3 Å². The third kappa shape index (κ3) is 5.54. The molecule has 0 unspecified atom stereocenters. The van der Waals surface area contributed by atoms with E-state index in [4.69, 9.17) is 4.98 Å². The van der Waals surface area contributed by atoms with Crippen LogP contribution in [-0.2, 0) is 6.54 Å². The first-order valence-corrected chi connectivity index (χ1v) is 9.98. The van der Waals surface area contributed by atoms with Gasteiger partial charge in [-0.25, -0.2) is 9.97 Å². The van der Waals surface area contributed by atoms with Crippen LogP contribution in [0.25, 0.3) is 0 Å². The summed E-state index contributed by atoms with van der Waals surface area (Å²) in [6.45, 7) is 11.0. The van der Waals surface area contributed by atoms with Crippen LogP contribution in [0.15, 0.2) is 29.4 Å². The van der Waals surface area contributed by atoms with Gasteiger partial charge in [0.1, 0.15) is 10.8 Å². The quantitative estimate of drug-likeness (QED) is 0.396. The number of rotatable bonds is 4. The molecule has 0 saturated carbocycles. The summed E-state index contributed by atoms with van der Waals surface area (Å²) in [6, 6.07) is 6.06. The molecule has 3 rings (SSSR count). The summed E-state index contributed by atoms with van der Waals surface area (Å²) in [7, 11) is 1.85. The lowest BCUT2D eigenvalue weighted by molar-refractivity contribution is 0.371. The van der Waals surface area contributed by atoms with Crippen LogP contribution in [0, 0.1) is 6.92 Å². The highest BCUT2D eigenvalue weighted by Crippen LogP contribution is 2.24. The smallest absolute Gasteiger partial charge is 0.194 e. The van der Waals surface area contributed by atoms with Gasteiger partial charge in [-0.05, 0) is 25.0 Å². The number of pyridine rings is 1. The largest absolute Gasteiger partial charge is 0.353 e. The zero-order valence-electron chi connectivity index (χ0n) is 16.5. The molecule has 3 heterocycles. The second kappa shape index (κ2) is 10.2. The number of thiazole rings is 1. The maximum atomic E-state index is 4.78. The Balaban J connectivity index is 0.00000261. The number of nitrogens with zero attached hydrogens (tertiary/aromatic N) is 5. The lowest BCUT2D eigenvalue weighted by atomic mass is 10.1. The van der Waals surface area contributed by atoms with Crippen molar-refractivity contribution in [3.05, 3.63) is 40.0 Å². The van der Waals surface area contributed by atoms with Crippen molar-refractivity contribution in [2.45, 2.75) is 33.2 Å². The molecule has 0 amide bonds. The molecule has 0 radical (unpaired) electrons. The number of halogens is 1. The van der Waals surface area contributed by atoms with Crippen LogP contribution in [0.3, 0.4) is 0 Å². The van der Waals surface area contributed by atoms with Gasteiger partial charge in [-0.15, -0.1) is 35.3 Å². The normalized spacial score (nSPS) is 15.1. The Morgan fingerprint density at radius 1 is 1.26 bits per heavy atom. The van der Waals surface area contributed by atoms with Crippen LogP contribution in [0.1, 0.15) is 35.3 Å². The zero-order chi connectivity index (χ0) is 18.5. The number of aryl methyl sites for hydroxylation is 1. The highest BCUT2D eigenvalue weighted by atomic mass is 127. The predicted octanol–water partition coefficient (Wildman–Crippen LogP) is 3.49. The summed E-state index contributed by atoms with van der Waals surface area (Å²) < 4.78 is 0. The molecular weight excluding hydrogens is 471 g/mol. The van der Waals surface area contributed by atoms with E-state index in [9.17, 15) is 0 Å². The summed E-state index contributed by atoms with van der Waals surface area (Å²) in [5, 5.41) is 4.60. The molecule has 2 aromatic heterocycles. The molecule has 0 aromatic carbocycles. The summed E-state index contributed by atoms with van der Waals surface area (Å²) in [6.07, 6.45) is 1.85. The third-order valence-electron chi connectivity index (χ3n) is 4.59. The van der Waals surface area contributed by atoms with Crippen molar-refractivity contribution >= 4 is 47.1 Å². The zero-order valence-corrected chi connectivity index (χ0v) is 19.6. The molecule has 6 nitrogen and oxygen atoms in total.